The monoisotopic (exact) mass is 263 g/mol. The molecule has 0 aliphatic heterocycles. The quantitative estimate of drug-likeness (QED) is 0.757. The number of thioether (sulfide) groups is 1. The molecule has 0 fully saturated rings. The maximum atomic E-state index is 11.6. The van der Waals surface area contributed by atoms with Gasteiger partial charge in [-0.3, -0.25) is 9.59 Å². The van der Waals surface area contributed by atoms with Gasteiger partial charge in [-0.05, 0) is 12.1 Å². The predicted molar refractivity (Wildman–Crippen MR) is 71.1 cm³/mol. The molecule has 0 bridgehead atoms. The van der Waals surface area contributed by atoms with Crippen LogP contribution in [0.15, 0.2) is 24.3 Å². The summed E-state index contributed by atoms with van der Waals surface area (Å²) in [6.45, 7) is 0. The molecule has 3 N–H and O–H groups in total. The molecule has 94 valence electrons. The van der Waals surface area contributed by atoms with E-state index in [1.165, 1.54) is 11.8 Å². The fourth-order valence-corrected chi connectivity index (χ4v) is 1.91. The minimum Gasteiger partial charge on any atom is -0.366 e. The first-order chi connectivity index (χ1) is 8.65. The number of para-hydroxylation sites is 1. The Kier molecular flexibility index (Phi) is 5.74. The molecule has 1 rings (SSSR count). The second-order valence-corrected chi connectivity index (χ2v) is 4.52. The van der Waals surface area contributed by atoms with Gasteiger partial charge in [0.1, 0.15) is 0 Å². The van der Waals surface area contributed by atoms with Gasteiger partial charge in [0.2, 0.25) is 5.91 Å². The lowest BCUT2D eigenvalue weighted by atomic mass is 10.1. The third-order valence-corrected chi connectivity index (χ3v) is 3.02. The van der Waals surface area contributed by atoms with Crippen molar-refractivity contribution in [1.29, 1.82) is 5.26 Å². The summed E-state index contributed by atoms with van der Waals surface area (Å²) in [6.07, 6.45) is 0.413. The molecule has 0 aliphatic rings. The molecule has 0 aromatic heterocycles. The highest BCUT2D eigenvalue weighted by molar-refractivity contribution is 7.99. The van der Waals surface area contributed by atoms with Crippen molar-refractivity contribution in [3.63, 3.8) is 0 Å². The maximum Gasteiger partial charge on any atom is 0.250 e. The number of amides is 2. The van der Waals surface area contributed by atoms with Crippen LogP contribution in [-0.2, 0) is 4.79 Å². The van der Waals surface area contributed by atoms with E-state index < -0.39 is 5.91 Å². The molecule has 0 saturated carbocycles. The molecule has 0 atom stereocenters. The Morgan fingerprint density at radius 1 is 1.39 bits per heavy atom. The second-order valence-electron chi connectivity index (χ2n) is 3.42. The third kappa shape index (κ3) is 4.47. The van der Waals surface area contributed by atoms with Crippen LogP contribution in [-0.4, -0.2) is 23.3 Å². The predicted octanol–water partition coefficient (Wildman–Crippen LogP) is 1.37. The summed E-state index contributed by atoms with van der Waals surface area (Å²) < 4.78 is 0. The zero-order chi connectivity index (χ0) is 13.4. The highest BCUT2D eigenvalue weighted by Crippen LogP contribution is 2.14. The van der Waals surface area contributed by atoms with Gasteiger partial charge in [-0.15, -0.1) is 0 Å². The number of nitrogens with zero attached hydrogens (tertiary/aromatic N) is 1. The highest BCUT2D eigenvalue weighted by Gasteiger charge is 2.09. The number of primary amides is 1. The normalized spacial score (nSPS) is 9.50. The molecule has 0 unspecified atom stereocenters. The molecule has 1 aromatic rings. The lowest BCUT2D eigenvalue weighted by Crippen LogP contribution is -2.19. The molecular formula is C12H13N3O2S. The van der Waals surface area contributed by atoms with Gasteiger partial charge in [0.05, 0.1) is 23.1 Å². The zero-order valence-corrected chi connectivity index (χ0v) is 10.5. The van der Waals surface area contributed by atoms with Gasteiger partial charge in [-0.2, -0.15) is 17.0 Å². The van der Waals surface area contributed by atoms with Gasteiger partial charge in [-0.25, -0.2) is 0 Å². The summed E-state index contributed by atoms with van der Waals surface area (Å²) >= 11 is 1.37. The SMILES string of the molecule is N#CCCSCC(=O)Nc1ccccc1C(N)=O. The number of anilines is 1. The lowest BCUT2D eigenvalue weighted by molar-refractivity contribution is -0.113. The molecule has 0 aliphatic carbocycles. The smallest absolute Gasteiger partial charge is 0.250 e. The first kappa shape index (κ1) is 14.1. The summed E-state index contributed by atoms with van der Waals surface area (Å²) in [5.41, 5.74) is 5.90. The van der Waals surface area contributed by atoms with Gasteiger partial charge in [-0.1, -0.05) is 12.1 Å². The van der Waals surface area contributed by atoms with Gasteiger partial charge >= 0.3 is 0 Å². The van der Waals surface area contributed by atoms with E-state index in [-0.39, 0.29) is 17.2 Å². The Bertz CT molecular complexity index is 482. The van der Waals surface area contributed by atoms with Crippen LogP contribution in [0, 0.1) is 11.3 Å². The number of hydrogen-bond acceptors (Lipinski definition) is 4. The van der Waals surface area contributed by atoms with Crippen LogP contribution in [0.2, 0.25) is 0 Å². The van der Waals surface area contributed by atoms with E-state index in [4.69, 9.17) is 11.0 Å². The Morgan fingerprint density at radius 2 is 2.11 bits per heavy atom. The number of carbonyl (C=O) groups excluding carboxylic acids is 2. The topological polar surface area (TPSA) is 96.0 Å². The average Bonchev–Trinajstić information content (AvgIpc) is 2.35. The number of hydrogen-bond donors (Lipinski definition) is 2. The van der Waals surface area contributed by atoms with E-state index in [2.05, 4.69) is 5.32 Å². The molecular weight excluding hydrogens is 250 g/mol. The van der Waals surface area contributed by atoms with Crippen LogP contribution in [0.25, 0.3) is 0 Å². The van der Waals surface area contributed by atoms with Crippen LogP contribution >= 0.6 is 11.8 Å². The summed E-state index contributed by atoms with van der Waals surface area (Å²) in [5, 5.41) is 11.0. The van der Waals surface area contributed by atoms with E-state index in [1.54, 1.807) is 24.3 Å². The van der Waals surface area contributed by atoms with E-state index in [0.717, 1.165) is 0 Å². The molecule has 0 heterocycles. The fraction of sp³-hybridized carbons (Fsp3) is 0.250. The summed E-state index contributed by atoms with van der Waals surface area (Å²) in [6, 6.07) is 8.57. The van der Waals surface area contributed by atoms with Gasteiger partial charge < -0.3 is 11.1 Å². The number of nitrogens with two attached hydrogens (primary N) is 1. The molecule has 2 amide bonds. The van der Waals surface area contributed by atoms with Gasteiger partial charge in [0.15, 0.2) is 0 Å². The Balaban J connectivity index is 2.54. The molecule has 0 saturated heterocycles. The van der Waals surface area contributed by atoms with Gasteiger partial charge in [0, 0.05) is 12.2 Å². The molecule has 6 heteroatoms. The molecule has 1 aromatic carbocycles. The van der Waals surface area contributed by atoms with E-state index >= 15 is 0 Å². The second kappa shape index (κ2) is 7.35. The van der Waals surface area contributed by atoms with Crippen molar-refractivity contribution in [1.82, 2.24) is 0 Å². The van der Waals surface area contributed by atoms with E-state index in [1.807, 2.05) is 6.07 Å². The van der Waals surface area contributed by atoms with Crippen molar-refractivity contribution in [3.8, 4) is 6.07 Å². The first-order valence-electron chi connectivity index (χ1n) is 5.28. The number of carbonyl (C=O) groups is 2. The third-order valence-electron chi connectivity index (χ3n) is 2.06. The standard InChI is InChI=1S/C12H13N3O2S/c13-6-3-7-18-8-11(16)15-10-5-2-1-4-9(10)12(14)17/h1-2,4-5H,3,7-8H2,(H2,14,17)(H,15,16). The minimum atomic E-state index is -0.581. The zero-order valence-electron chi connectivity index (χ0n) is 9.68. The van der Waals surface area contributed by atoms with E-state index in [0.29, 0.717) is 17.9 Å². The van der Waals surface area contributed by atoms with Crippen LogP contribution in [0.3, 0.4) is 0 Å². The number of nitrogens with one attached hydrogen (secondary N) is 1. The van der Waals surface area contributed by atoms with Gasteiger partial charge in [0.25, 0.3) is 5.91 Å². The summed E-state index contributed by atoms with van der Waals surface area (Å²) in [7, 11) is 0. The molecule has 18 heavy (non-hydrogen) atoms. The number of benzene rings is 1. The Morgan fingerprint density at radius 3 is 2.78 bits per heavy atom. The van der Waals surface area contributed by atoms with Crippen molar-refractivity contribution in [3.05, 3.63) is 29.8 Å². The van der Waals surface area contributed by atoms with Crippen molar-refractivity contribution in [2.24, 2.45) is 5.73 Å². The average molecular weight is 263 g/mol. The molecule has 0 spiro atoms. The van der Waals surface area contributed by atoms with Crippen LogP contribution in [0.1, 0.15) is 16.8 Å². The van der Waals surface area contributed by atoms with Crippen molar-refractivity contribution in [2.45, 2.75) is 6.42 Å². The number of nitriles is 1. The highest BCUT2D eigenvalue weighted by atomic mass is 32.2. The van der Waals surface area contributed by atoms with Crippen LogP contribution in [0.4, 0.5) is 5.69 Å². The first-order valence-corrected chi connectivity index (χ1v) is 6.44. The minimum absolute atomic E-state index is 0.216. The number of rotatable bonds is 6. The Labute approximate surface area is 109 Å². The van der Waals surface area contributed by atoms with Crippen molar-refractivity contribution >= 4 is 29.3 Å². The van der Waals surface area contributed by atoms with Crippen molar-refractivity contribution in [2.75, 3.05) is 16.8 Å². The maximum absolute atomic E-state index is 11.6. The van der Waals surface area contributed by atoms with Crippen LogP contribution in [0.5, 0.6) is 0 Å². The lowest BCUT2D eigenvalue weighted by Gasteiger charge is -2.08. The molecule has 0 radical (unpaired) electrons. The Hall–Kier alpha value is -2.00. The summed E-state index contributed by atoms with van der Waals surface area (Å²) in [4.78, 5) is 22.7. The fourth-order valence-electron chi connectivity index (χ4n) is 1.28. The van der Waals surface area contributed by atoms with E-state index in [9.17, 15) is 9.59 Å². The van der Waals surface area contributed by atoms with Crippen molar-refractivity contribution < 1.29 is 9.59 Å². The molecule has 5 nitrogen and oxygen atoms in total. The largest absolute Gasteiger partial charge is 0.366 e. The summed E-state index contributed by atoms with van der Waals surface area (Å²) in [5.74, 6) is 0.0607. The van der Waals surface area contributed by atoms with Crippen LogP contribution < -0.4 is 11.1 Å².